The molecule has 15 heavy (non-hydrogen) atoms. The summed E-state index contributed by atoms with van der Waals surface area (Å²) in [6.45, 7) is 2.80. The summed E-state index contributed by atoms with van der Waals surface area (Å²) >= 11 is 0. The van der Waals surface area contributed by atoms with Crippen molar-refractivity contribution in [1.29, 1.82) is 0 Å². The molecule has 1 aliphatic rings. The van der Waals surface area contributed by atoms with E-state index in [-0.39, 0.29) is 6.42 Å². The molecule has 1 aliphatic carbocycles. The summed E-state index contributed by atoms with van der Waals surface area (Å²) in [5.74, 6) is 0.0388. The van der Waals surface area contributed by atoms with Gasteiger partial charge in [-0.25, -0.2) is 0 Å². The van der Waals surface area contributed by atoms with Gasteiger partial charge in [-0.1, -0.05) is 25.7 Å². The first-order chi connectivity index (χ1) is 7.20. The molecule has 0 unspecified atom stereocenters. The van der Waals surface area contributed by atoms with Crippen molar-refractivity contribution in [2.24, 2.45) is 5.92 Å². The van der Waals surface area contributed by atoms with E-state index in [4.69, 9.17) is 5.11 Å². The predicted octanol–water partition coefficient (Wildman–Crippen LogP) is 2.41. The molecule has 0 aromatic carbocycles. The highest BCUT2D eigenvalue weighted by Crippen LogP contribution is 2.25. The maximum Gasteiger partial charge on any atom is 0.304 e. The zero-order valence-corrected chi connectivity index (χ0v) is 9.67. The monoisotopic (exact) mass is 213 g/mol. The molecule has 0 radical (unpaired) electrons. The highest BCUT2D eigenvalue weighted by molar-refractivity contribution is 5.66. The van der Waals surface area contributed by atoms with Gasteiger partial charge in [0, 0.05) is 12.6 Å². The third-order valence-electron chi connectivity index (χ3n) is 3.41. The molecule has 0 bridgehead atoms. The number of rotatable bonds is 5. The molecular formula is C12H23NO2. The summed E-state index contributed by atoms with van der Waals surface area (Å²) in [4.78, 5) is 10.4. The van der Waals surface area contributed by atoms with E-state index in [0.29, 0.717) is 12.6 Å². The molecule has 1 fully saturated rings. The third kappa shape index (κ3) is 5.17. The van der Waals surface area contributed by atoms with Crippen LogP contribution in [0.1, 0.15) is 51.9 Å². The molecule has 3 nitrogen and oxygen atoms in total. The molecule has 0 amide bonds. The summed E-state index contributed by atoms with van der Waals surface area (Å²) < 4.78 is 0. The lowest BCUT2D eigenvalue weighted by Crippen LogP contribution is -2.34. The standard InChI is InChI=1S/C12H23NO2/c1-10(13-9-8-12(14)15)11-6-4-2-3-5-7-11/h10-11,13H,2-9H2,1H3,(H,14,15)/t10-/m0/s1. The van der Waals surface area contributed by atoms with Crippen molar-refractivity contribution in [3.8, 4) is 0 Å². The van der Waals surface area contributed by atoms with Crippen LogP contribution in [0.4, 0.5) is 0 Å². The van der Waals surface area contributed by atoms with Crippen LogP contribution in [-0.2, 0) is 4.79 Å². The smallest absolute Gasteiger partial charge is 0.304 e. The molecule has 0 spiro atoms. The van der Waals surface area contributed by atoms with E-state index in [1.54, 1.807) is 0 Å². The topological polar surface area (TPSA) is 49.3 Å². The zero-order chi connectivity index (χ0) is 11.1. The van der Waals surface area contributed by atoms with Crippen molar-refractivity contribution in [3.05, 3.63) is 0 Å². The van der Waals surface area contributed by atoms with Gasteiger partial charge in [0.05, 0.1) is 6.42 Å². The van der Waals surface area contributed by atoms with Gasteiger partial charge in [0.15, 0.2) is 0 Å². The van der Waals surface area contributed by atoms with E-state index in [1.807, 2.05) is 0 Å². The fraction of sp³-hybridized carbons (Fsp3) is 0.917. The quantitative estimate of drug-likeness (QED) is 0.689. The molecule has 0 aliphatic heterocycles. The highest BCUT2D eigenvalue weighted by Gasteiger charge is 2.18. The minimum atomic E-state index is -0.712. The van der Waals surface area contributed by atoms with E-state index in [0.717, 1.165) is 5.92 Å². The van der Waals surface area contributed by atoms with E-state index in [2.05, 4.69) is 12.2 Å². The number of hydrogen-bond acceptors (Lipinski definition) is 2. The Hall–Kier alpha value is -0.570. The van der Waals surface area contributed by atoms with Gasteiger partial charge >= 0.3 is 5.97 Å². The largest absolute Gasteiger partial charge is 0.481 e. The first-order valence-corrected chi connectivity index (χ1v) is 6.15. The van der Waals surface area contributed by atoms with Crippen LogP contribution in [0.25, 0.3) is 0 Å². The molecule has 1 saturated carbocycles. The van der Waals surface area contributed by atoms with Crippen LogP contribution in [-0.4, -0.2) is 23.7 Å². The minimum absolute atomic E-state index is 0.233. The molecule has 2 N–H and O–H groups in total. The van der Waals surface area contributed by atoms with Crippen LogP contribution >= 0.6 is 0 Å². The molecule has 0 aromatic heterocycles. The Bertz CT molecular complexity index is 186. The average Bonchev–Trinajstić information content (AvgIpc) is 2.44. The first kappa shape index (κ1) is 12.5. The maximum absolute atomic E-state index is 10.4. The van der Waals surface area contributed by atoms with E-state index >= 15 is 0 Å². The van der Waals surface area contributed by atoms with Gasteiger partial charge in [-0.15, -0.1) is 0 Å². The summed E-state index contributed by atoms with van der Waals surface area (Å²) in [6.07, 6.45) is 8.28. The SMILES string of the molecule is C[C@H](NCCC(=O)O)C1CCCCCC1. The molecule has 0 heterocycles. The minimum Gasteiger partial charge on any atom is -0.481 e. The number of carbonyl (C=O) groups is 1. The molecule has 1 atom stereocenters. The van der Waals surface area contributed by atoms with E-state index in [9.17, 15) is 4.79 Å². The molecule has 88 valence electrons. The predicted molar refractivity (Wildman–Crippen MR) is 60.9 cm³/mol. The summed E-state index contributed by atoms with van der Waals surface area (Å²) in [5, 5.41) is 11.9. The Morgan fingerprint density at radius 3 is 2.47 bits per heavy atom. The van der Waals surface area contributed by atoms with Gasteiger partial charge < -0.3 is 10.4 Å². The van der Waals surface area contributed by atoms with Crippen LogP contribution in [0, 0.1) is 5.92 Å². The highest BCUT2D eigenvalue weighted by atomic mass is 16.4. The van der Waals surface area contributed by atoms with E-state index < -0.39 is 5.97 Å². The number of carboxylic acids is 1. The van der Waals surface area contributed by atoms with Crippen LogP contribution in [0.5, 0.6) is 0 Å². The Balaban J connectivity index is 2.19. The Morgan fingerprint density at radius 2 is 1.93 bits per heavy atom. The van der Waals surface area contributed by atoms with Crippen LogP contribution in [0.3, 0.4) is 0 Å². The Kier molecular flexibility index (Phi) is 5.69. The molecular weight excluding hydrogens is 190 g/mol. The second kappa shape index (κ2) is 6.83. The van der Waals surface area contributed by atoms with Gasteiger partial charge in [0.1, 0.15) is 0 Å². The maximum atomic E-state index is 10.4. The second-order valence-electron chi connectivity index (χ2n) is 4.64. The lowest BCUT2D eigenvalue weighted by molar-refractivity contribution is -0.136. The average molecular weight is 213 g/mol. The number of hydrogen-bond donors (Lipinski definition) is 2. The van der Waals surface area contributed by atoms with Gasteiger partial charge in [-0.05, 0) is 25.7 Å². The lowest BCUT2D eigenvalue weighted by Gasteiger charge is -2.23. The Morgan fingerprint density at radius 1 is 1.33 bits per heavy atom. The van der Waals surface area contributed by atoms with Crippen LogP contribution in [0.2, 0.25) is 0 Å². The third-order valence-corrected chi connectivity index (χ3v) is 3.41. The lowest BCUT2D eigenvalue weighted by atomic mass is 9.93. The van der Waals surface area contributed by atoms with Crippen molar-refractivity contribution in [3.63, 3.8) is 0 Å². The number of carboxylic acid groups (broad SMARTS) is 1. The summed E-state index contributed by atoms with van der Waals surface area (Å²) in [5.41, 5.74) is 0. The van der Waals surface area contributed by atoms with E-state index in [1.165, 1.54) is 38.5 Å². The fourth-order valence-corrected chi connectivity index (χ4v) is 2.38. The van der Waals surface area contributed by atoms with Crippen LogP contribution < -0.4 is 5.32 Å². The van der Waals surface area contributed by atoms with Gasteiger partial charge in [-0.2, -0.15) is 0 Å². The second-order valence-corrected chi connectivity index (χ2v) is 4.64. The zero-order valence-electron chi connectivity index (χ0n) is 9.67. The first-order valence-electron chi connectivity index (χ1n) is 6.15. The molecule has 0 saturated heterocycles. The van der Waals surface area contributed by atoms with Crippen molar-refractivity contribution >= 4 is 5.97 Å². The van der Waals surface area contributed by atoms with Crippen molar-refractivity contribution in [1.82, 2.24) is 5.32 Å². The normalized spacial score (nSPS) is 20.9. The van der Waals surface area contributed by atoms with Crippen molar-refractivity contribution < 1.29 is 9.90 Å². The Labute approximate surface area is 92.3 Å². The molecule has 0 aromatic rings. The molecule has 3 heteroatoms. The number of aliphatic carboxylic acids is 1. The van der Waals surface area contributed by atoms with Gasteiger partial charge in [-0.3, -0.25) is 4.79 Å². The fourth-order valence-electron chi connectivity index (χ4n) is 2.38. The summed E-state index contributed by atoms with van der Waals surface area (Å²) in [6, 6.07) is 0.474. The van der Waals surface area contributed by atoms with Crippen LogP contribution in [0.15, 0.2) is 0 Å². The van der Waals surface area contributed by atoms with Gasteiger partial charge in [0.2, 0.25) is 0 Å². The van der Waals surface area contributed by atoms with Crippen molar-refractivity contribution in [2.75, 3.05) is 6.54 Å². The van der Waals surface area contributed by atoms with Gasteiger partial charge in [0.25, 0.3) is 0 Å². The summed E-state index contributed by atoms with van der Waals surface area (Å²) in [7, 11) is 0. The van der Waals surface area contributed by atoms with Crippen molar-refractivity contribution in [2.45, 2.75) is 57.9 Å². The molecule has 1 rings (SSSR count). The number of nitrogens with one attached hydrogen (secondary N) is 1.